The van der Waals surface area contributed by atoms with Gasteiger partial charge in [0.1, 0.15) is 0 Å². The first-order valence-corrected chi connectivity index (χ1v) is 6.84. The summed E-state index contributed by atoms with van der Waals surface area (Å²) < 4.78 is 0. The van der Waals surface area contributed by atoms with Crippen LogP contribution in [-0.2, 0) is 4.79 Å². The Bertz CT molecular complexity index is 308. The first kappa shape index (κ1) is 12.9. The first-order chi connectivity index (χ1) is 7.78. The van der Waals surface area contributed by atoms with Crippen molar-refractivity contribution in [2.24, 2.45) is 22.5 Å². The lowest BCUT2D eigenvalue weighted by Crippen LogP contribution is -2.50. The lowest BCUT2D eigenvalue weighted by molar-refractivity contribution is -0.124. The molecule has 0 saturated heterocycles. The molecule has 2 unspecified atom stereocenters. The number of carbonyl (C=O) groups is 1. The van der Waals surface area contributed by atoms with Gasteiger partial charge < -0.3 is 11.1 Å². The van der Waals surface area contributed by atoms with Crippen molar-refractivity contribution >= 4 is 5.91 Å². The van der Waals surface area contributed by atoms with Crippen LogP contribution < -0.4 is 11.1 Å². The van der Waals surface area contributed by atoms with Crippen LogP contribution in [0.25, 0.3) is 0 Å². The molecule has 98 valence electrons. The van der Waals surface area contributed by atoms with Gasteiger partial charge in [-0.3, -0.25) is 4.79 Å². The van der Waals surface area contributed by atoms with Crippen LogP contribution in [0.4, 0.5) is 0 Å². The van der Waals surface area contributed by atoms with Gasteiger partial charge in [0, 0.05) is 18.0 Å². The topological polar surface area (TPSA) is 55.1 Å². The maximum absolute atomic E-state index is 12.3. The highest BCUT2D eigenvalue weighted by molar-refractivity contribution is 5.84. The fourth-order valence-electron chi connectivity index (χ4n) is 3.46. The van der Waals surface area contributed by atoms with E-state index >= 15 is 0 Å². The Morgan fingerprint density at radius 1 is 1.12 bits per heavy atom. The normalized spacial score (nSPS) is 35.4. The van der Waals surface area contributed by atoms with Crippen molar-refractivity contribution in [3.8, 4) is 0 Å². The van der Waals surface area contributed by atoms with Gasteiger partial charge >= 0.3 is 0 Å². The molecule has 2 aliphatic rings. The first-order valence-electron chi connectivity index (χ1n) is 6.84. The summed E-state index contributed by atoms with van der Waals surface area (Å²) in [5.41, 5.74) is 6.31. The molecule has 0 radical (unpaired) electrons. The van der Waals surface area contributed by atoms with Gasteiger partial charge in [-0.05, 0) is 23.7 Å². The van der Waals surface area contributed by atoms with Crippen molar-refractivity contribution in [1.29, 1.82) is 0 Å². The average Bonchev–Trinajstić information content (AvgIpc) is 2.61. The van der Waals surface area contributed by atoms with Crippen molar-refractivity contribution in [2.75, 3.05) is 0 Å². The predicted octanol–water partition coefficient (Wildman–Crippen LogP) is 2.05. The molecule has 17 heavy (non-hydrogen) atoms. The van der Waals surface area contributed by atoms with E-state index < -0.39 is 0 Å². The number of hydrogen-bond donors (Lipinski definition) is 2. The van der Waals surface area contributed by atoms with Gasteiger partial charge in [-0.25, -0.2) is 0 Å². The zero-order valence-electron chi connectivity index (χ0n) is 11.5. The van der Waals surface area contributed by atoms with E-state index in [0.29, 0.717) is 0 Å². The highest BCUT2D eigenvalue weighted by Crippen LogP contribution is 2.68. The summed E-state index contributed by atoms with van der Waals surface area (Å²) in [4.78, 5) is 12.3. The quantitative estimate of drug-likeness (QED) is 0.773. The van der Waals surface area contributed by atoms with E-state index in [1.54, 1.807) is 0 Å². The summed E-state index contributed by atoms with van der Waals surface area (Å²) in [6, 6.07) is 0.348. The molecule has 0 spiro atoms. The maximum atomic E-state index is 12.3. The molecule has 0 bridgehead atoms. The number of hydrogen-bond acceptors (Lipinski definition) is 2. The van der Waals surface area contributed by atoms with Crippen molar-refractivity contribution in [3.05, 3.63) is 0 Å². The summed E-state index contributed by atoms with van der Waals surface area (Å²) in [6.07, 6.45) is 4.48. The highest BCUT2D eigenvalue weighted by Gasteiger charge is 2.68. The van der Waals surface area contributed by atoms with E-state index in [9.17, 15) is 4.79 Å². The van der Waals surface area contributed by atoms with Gasteiger partial charge in [0.15, 0.2) is 0 Å². The zero-order chi connectivity index (χ0) is 12.8. The summed E-state index contributed by atoms with van der Waals surface area (Å²) in [7, 11) is 0. The molecule has 3 nitrogen and oxygen atoms in total. The van der Waals surface area contributed by atoms with E-state index in [-0.39, 0.29) is 34.7 Å². The predicted molar refractivity (Wildman–Crippen MR) is 69.4 cm³/mol. The lowest BCUT2D eigenvalue weighted by Gasteiger charge is -2.29. The third-order valence-electron chi connectivity index (χ3n) is 5.43. The molecule has 2 aliphatic carbocycles. The van der Waals surface area contributed by atoms with E-state index in [1.807, 2.05) is 0 Å². The van der Waals surface area contributed by atoms with Crippen molar-refractivity contribution in [2.45, 2.75) is 65.5 Å². The van der Waals surface area contributed by atoms with Crippen molar-refractivity contribution < 1.29 is 4.79 Å². The molecule has 2 rings (SSSR count). The van der Waals surface area contributed by atoms with E-state index in [2.05, 4.69) is 33.0 Å². The molecular formula is C14H26N2O. The van der Waals surface area contributed by atoms with Crippen LogP contribution in [0.2, 0.25) is 0 Å². The summed E-state index contributed by atoms with van der Waals surface area (Å²) in [5, 5.41) is 3.18. The molecule has 2 fully saturated rings. The Morgan fingerprint density at radius 3 is 2.12 bits per heavy atom. The number of amides is 1. The van der Waals surface area contributed by atoms with Crippen LogP contribution in [0.5, 0.6) is 0 Å². The standard InChI is InChI=1S/C14H26N2O/c1-13(2)11(14(13,3)4)12(17)16-10-8-6-5-7-9(10)15/h9-11H,5-8,15H2,1-4H3,(H,16,17). The van der Waals surface area contributed by atoms with Gasteiger partial charge in [0.2, 0.25) is 5.91 Å². The van der Waals surface area contributed by atoms with E-state index in [1.165, 1.54) is 12.8 Å². The zero-order valence-corrected chi connectivity index (χ0v) is 11.5. The Labute approximate surface area is 105 Å². The second-order valence-electron chi connectivity index (χ2n) is 6.94. The molecule has 0 aliphatic heterocycles. The van der Waals surface area contributed by atoms with Gasteiger partial charge in [0.25, 0.3) is 0 Å². The number of nitrogens with one attached hydrogen (secondary N) is 1. The SMILES string of the molecule is CC1(C)C(C(=O)NC2CCCCC2N)C1(C)C. The number of nitrogens with two attached hydrogens (primary N) is 1. The summed E-state index contributed by atoms with van der Waals surface area (Å²) in [6.45, 7) is 8.71. The average molecular weight is 238 g/mol. The van der Waals surface area contributed by atoms with Crippen LogP contribution in [0.3, 0.4) is 0 Å². The van der Waals surface area contributed by atoms with Crippen molar-refractivity contribution in [1.82, 2.24) is 5.32 Å². The Hall–Kier alpha value is -0.570. The van der Waals surface area contributed by atoms with E-state index in [0.717, 1.165) is 12.8 Å². The smallest absolute Gasteiger partial charge is 0.224 e. The Balaban J connectivity index is 1.95. The molecule has 1 amide bonds. The molecule has 0 aromatic heterocycles. The van der Waals surface area contributed by atoms with Crippen molar-refractivity contribution in [3.63, 3.8) is 0 Å². The third-order valence-corrected chi connectivity index (χ3v) is 5.43. The summed E-state index contributed by atoms with van der Waals surface area (Å²) >= 11 is 0. The monoisotopic (exact) mass is 238 g/mol. The van der Waals surface area contributed by atoms with Crippen LogP contribution in [-0.4, -0.2) is 18.0 Å². The molecule has 3 N–H and O–H groups in total. The third kappa shape index (κ3) is 1.99. The van der Waals surface area contributed by atoms with Crippen LogP contribution in [0.15, 0.2) is 0 Å². The van der Waals surface area contributed by atoms with Crippen LogP contribution >= 0.6 is 0 Å². The van der Waals surface area contributed by atoms with Gasteiger partial charge in [-0.1, -0.05) is 40.5 Å². The number of carbonyl (C=O) groups excluding carboxylic acids is 1. The molecule has 3 heteroatoms. The fourth-order valence-corrected chi connectivity index (χ4v) is 3.46. The van der Waals surface area contributed by atoms with Crippen LogP contribution in [0.1, 0.15) is 53.4 Å². The molecule has 2 saturated carbocycles. The molecular weight excluding hydrogens is 212 g/mol. The molecule has 0 aromatic rings. The largest absolute Gasteiger partial charge is 0.352 e. The van der Waals surface area contributed by atoms with Gasteiger partial charge in [-0.2, -0.15) is 0 Å². The fraction of sp³-hybridized carbons (Fsp3) is 0.929. The van der Waals surface area contributed by atoms with Gasteiger partial charge in [0.05, 0.1) is 0 Å². The number of rotatable bonds is 2. The minimum Gasteiger partial charge on any atom is -0.352 e. The summed E-state index contributed by atoms with van der Waals surface area (Å²) in [5.74, 6) is 0.353. The Kier molecular flexibility index (Phi) is 3.01. The molecule has 0 aromatic carbocycles. The molecule has 2 atom stereocenters. The van der Waals surface area contributed by atoms with Gasteiger partial charge in [-0.15, -0.1) is 0 Å². The minimum atomic E-state index is 0.121. The lowest BCUT2D eigenvalue weighted by atomic mass is 9.91. The molecule has 0 heterocycles. The Morgan fingerprint density at radius 2 is 1.65 bits per heavy atom. The second-order valence-corrected chi connectivity index (χ2v) is 6.94. The maximum Gasteiger partial charge on any atom is 0.224 e. The second kappa shape index (κ2) is 3.98. The minimum absolute atomic E-state index is 0.121. The van der Waals surface area contributed by atoms with E-state index in [4.69, 9.17) is 5.73 Å². The highest BCUT2D eigenvalue weighted by atomic mass is 16.2. The van der Waals surface area contributed by atoms with Crippen LogP contribution in [0, 0.1) is 16.7 Å².